The fourth-order valence-corrected chi connectivity index (χ4v) is 2.55. The maximum absolute atomic E-state index is 12.1. The molecular weight excluding hydrogens is 226 g/mol. The highest BCUT2D eigenvalue weighted by molar-refractivity contribution is 5.75. The van der Waals surface area contributed by atoms with Crippen molar-refractivity contribution in [3.8, 4) is 0 Å². The summed E-state index contributed by atoms with van der Waals surface area (Å²) < 4.78 is 0. The van der Waals surface area contributed by atoms with Crippen molar-refractivity contribution < 1.29 is 4.79 Å². The van der Waals surface area contributed by atoms with Crippen LogP contribution in [0.25, 0.3) is 0 Å². The normalized spacial score (nSPS) is 23.2. The number of amides is 2. The number of hydrogen-bond donors (Lipinski definition) is 1. The third kappa shape index (κ3) is 2.81. The van der Waals surface area contributed by atoms with Gasteiger partial charge in [-0.15, -0.1) is 0 Å². The van der Waals surface area contributed by atoms with Gasteiger partial charge in [-0.25, -0.2) is 4.79 Å². The van der Waals surface area contributed by atoms with Crippen LogP contribution in [0.15, 0.2) is 18.2 Å². The molecule has 2 amide bonds. The highest BCUT2D eigenvalue weighted by Gasteiger charge is 2.30. The van der Waals surface area contributed by atoms with Crippen LogP contribution in [0.3, 0.4) is 0 Å². The zero-order chi connectivity index (χ0) is 13.1. The van der Waals surface area contributed by atoms with E-state index in [1.807, 2.05) is 30.0 Å². The minimum Gasteiger partial charge on any atom is -0.332 e. The Morgan fingerprint density at radius 3 is 2.67 bits per heavy atom. The van der Waals surface area contributed by atoms with E-state index in [2.05, 4.69) is 24.1 Å². The first-order chi connectivity index (χ1) is 8.58. The summed E-state index contributed by atoms with van der Waals surface area (Å²) in [6, 6.07) is 6.55. The molecule has 1 N–H and O–H groups in total. The third-order valence-corrected chi connectivity index (χ3v) is 3.55. The van der Waals surface area contributed by atoms with Gasteiger partial charge < -0.3 is 10.2 Å². The molecule has 1 saturated heterocycles. The van der Waals surface area contributed by atoms with Crippen LogP contribution in [0.4, 0.5) is 4.79 Å². The Labute approximate surface area is 108 Å². The fourth-order valence-electron chi connectivity index (χ4n) is 2.55. The van der Waals surface area contributed by atoms with Gasteiger partial charge in [0.1, 0.15) is 0 Å². The van der Waals surface area contributed by atoms with Crippen molar-refractivity contribution in [2.24, 2.45) is 0 Å². The summed E-state index contributed by atoms with van der Waals surface area (Å²) in [6.07, 6.45) is 2.19. The molecule has 1 fully saturated rings. The third-order valence-electron chi connectivity index (χ3n) is 3.55. The first kappa shape index (κ1) is 12.9. The monoisotopic (exact) mass is 247 g/mol. The zero-order valence-corrected chi connectivity index (χ0v) is 11.3. The molecule has 2 unspecified atom stereocenters. The van der Waals surface area contributed by atoms with Crippen molar-refractivity contribution in [3.63, 3.8) is 0 Å². The Balaban J connectivity index is 1.92. The van der Waals surface area contributed by atoms with Crippen LogP contribution >= 0.6 is 0 Å². The van der Waals surface area contributed by atoms with Crippen molar-refractivity contribution in [2.45, 2.75) is 52.2 Å². The molecule has 1 aliphatic heterocycles. The molecule has 18 heavy (non-hydrogen) atoms. The van der Waals surface area contributed by atoms with Gasteiger partial charge in [0, 0.05) is 17.8 Å². The number of nitrogens with zero attached hydrogens (tertiary/aromatic N) is 2. The summed E-state index contributed by atoms with van der Waals surface area (Å²) >= 11 is 0. The molecule has 0 aliphatic carbocycles. The summed E-state index contributed by atoms with van der Waals surface area (Å²) in [7, 11) is 0. The SMILES string of the molecule is Cc1cccc(CNC(=O)N2C(C)CCC2C)n1. The first-order valence-electron chi connectivity index (χ1n) is 6.56. The maximum Gasteiger partial charge on any atom is 0.318 e. The summed E-state index contributed by atoms with van der Waals surface area (Å²) in [5, 5.41) is 2.95. The van der Waals surface area contributed by atoms with Gasteiger partial charge in [-0.1, -0.05) is 6.07 Å². The second-order valence-corrected chi connectivity index (χ2v) is 5.11. The van der Waals surface area contributed by atoms with Gasteiger partial charge >= 0.3 is 6.03 Å². The number of rotatable bonds is 2. The van der Waals surface area contributed by atoms with E-state index >= 15 is 0 Å². The van der Waals surface area contributed by atoms with Gasteiger partial charge in [-0.05, 0) is 45.7 Å². The predicted octanol–water partition coefficient (Wildman–Crippen LogP) is 2.47. The quantitative estimate of drug-likeness (QED) is 0.872. The molecule has 0 radical (unpaired) electrons. The predicted molar refractivity (Wildman–Crippen MR) is 71.2 cm³/mol. The van der Waals surface area contributed by atoms with Crippen molar-refractivity contribution in [1.29, 1.82) is 0 Å². The van der Waals surface area contributed by atoms with Crippen LogP contribution in [0.1, 0.15) is 38.1 Å². The number of carbonyl (C=O) groups excluding carboxylic acids is 1. The molecule has 98 valence electrons. The smallest absolute Gasteiger partial charge is 0.318 e. The number of hydrogen-bond acceptors (Lipinski definition) is 2. The molecule has 2 rings (SSSR count). The molecule has 1 aromatic rings. The van der Waals surface area contributed by atoms with Crippen molar-refractivity contribution in [2.75, 3.05) is 0 Å². The molecule has 0 spiro atoms. The molecule has 1 aromatic heterocycles. The zero-order valence-electron chi connectivity index (χ0n) is 11.3. The molecule has 2 atom stereocenters. The lowest BCUT2D eigenvalue weighted by molar-refractivity contribution is 0.180. The Morgan fingerprint density at radius 1 is 1.39 bits per heavy atom. The molecule has 0 bridgehead atoms. The average Bonchev–Trinajstić information content (AvgIpc) is 2.66. The standard InChI is InChI=1S/C14H21N3O/c1-10-5-4-6-13(16-10)9-15-14(18)17-11(2)7-8-12(17)3/h4-6,11-12H,7-9H2,1-3H3,(H,15,18). The van der Waals surface area contributed by atoms with Crippen molar-refractivity contribution >= 4 is 6.03 Å². The fraction of sp³-hybridized carbons (Fsp3) is 0.571. The van der Waals surface area contributed by atoms with E-state index in [1.54, 1.807) is 0 Å². The van der Waals surface area contributed by atoms with Crippen molar-refractivity contribution in [1.82, 2.24) is 15.2 Å². The molecule has 4 nitrogen and oxygen atoms in total. The number of aryl methyl sites for hydroxylation is 1. The number of pyridine rings is 1. The highest BCUT2D eigenvalue weighted by Crippen LogP contribution is 2.23. The van der Waals surface area contributed by atoms with Gasteiger partial charge in [0.25, 0.3) is 0 Å². The van der Waals surface area contributed by atoms with Crippen LogP contribution in [0.5, 0.6) is 0 Å². The van der Waals surface area contributed by atoms with Gasteiger partial charge in [0.05, 0.1) is 12.2 Å². The van der Waals surface area contributed by atoms with E-state index in [1.165, 1.54) is 0 Å². The Bertz CT molecular complexity index is 423. The number of aromatic nitrogens is 1. The van der Waals surface area contributed by atoms with Gasteiger partial charge in [0.15, 0.2) is 0 Å². The summed E-state index contributed by atoms with van der Waals surface area (Å²) in [4.78, 5) is 18.4. The summed E-state index contributed by atoms with van der Waals surface area (Å²) in [5.74, 6) is 0. The largest absolute Gasteiger partial charge is 0.332 e. The number of carbonyl (C=O) groups is 1. The molecular formula is C14H21N3O. The van der Waals surface area contributed by atoms with Crippen LogP contribution in [0.2, 0.25) is 0 Å². The van der Waals surface area contributed by atoms with Crippen molar-refractivity contribution in [3.05, 3.63) is 29.6 Å². The lowest BCUT2D eigenvalue weighted by Gasteiger charge is -2.26. The van der Waals surface area contributed by atoms with Gasteiger partial charge in [-0.3, -0.25) is 4.98 Å². The van der Waals surface area contributed by atoms with E-state index in [0.29, 0.717) is 18.6 Å². The van der Waals surface area contributed by atoms with E-state index in [4.69, 9.17) is 0 Å². The maximum atomic E-state index is 12.1. The highest BCUT2D eigenvalue weighted by atomic mass is 16.2. The molecule has 4 heteroatoms. The second kappa shape index (κ2) is 5.38. The van der Waals surface area contributed by atoms with Crippen LogP contribution in [-0.4, -0.2) is 28.0 Å². The number of urea groups is 1. The minimum atomic E-state index is 0.0239. The molecule has 0 saturated carbocycles. The van der Waals surface area contributed by atoms with Gasteiger partial charge in [-0.2, -0.15) is 0 Å². The van der Waals surface area contributed by atoms with Crippen LogP contribution < -0.4 is 5.32 Å². The Hall–Kier alpha value is -1.58. The van der Waals surface area contributed by atoms with E-state index in [9.17, 15) is 4.79 Å². The van der Waals surface area contributed by atoms with E-state index in [0.717, 1.165) is 24.2 Å². The first-order valence-corrected chi connectivity index (χ1v) is 6.56. The number of nitrogens with one attached hydrogen (secondary N) is 1. The minimum absolute atomic E-state index is 0.0239. The van der Waals surface area contributed by atoms with E-state index < -0.39 is 0 Å². The average molecular weight is 247 g/mol. The second-order valence-electron chi connectivity index (χ2n) is 5.11. The molecule has 1 aliphatic rings. The van der Waals surface area contributed by atoms with Crippen LogP contribution in [0, 0.1) is 6.92 Å². The van der Waals surface area contributed by atoms with E-state index in [-0.39, 0.29) is 6.03 Å². The molecule has 2 heterocycles. The topological polar surface area (TPSA) is 45.2 Å². The Kier molecular flexibility index (Phi) is 3.84. The number of likely N-dealkylation sites (tertiary alicyclic amines) is 1. The van der Waals surface area contributed by atoms with Gasteiger partial charge in [0.2, 0.25) is 0 Å². The lowest BCUT2D eigenvalue weighted by atomic mass is 10.2. The lowest BCUT2D eigenvalue weighted by Crippen LogP contribution is -2.44. The summed E-state index contributed by atoms with van der Waals surface area (Å²) in [5.41, 5.74) is 1.88. The Morgan fingerprint density at radius 2 is 2.06 bits per heavy atom. The molecule has 0 aromatic carbocycles. The van der Waals surface area contributed by atoms with Crippen LogP contribution in [-0.2, 0) is 6.54 Å². The summed E-state index contributed by atoms with van der Waals surface area (Å²) in [6.45, 7) is 6.66.